The lowest BCUT2D eigenvalue weighted by atomic mass is 9.93. The van der Waals surface area contributed by atoms with Crippen molar-refractivity contribution in [1.82, 2.24) is 19.9 Å². The van der Waals surface area contributed by atoms with Crippen LogP contribution in [-0.2, 0) is 4.74 Å². The van der Waals surface area contributed by atoms with E-state index in [1.54, 1.807) is 22.0 Å². The second kappa shape index (κ2) is 6.82. The number of amides is 1. The van der Waals surface area contributed by atoms with Gasteiger partial charge < -0.3 is 15.0 Å². The Kier molecular flexibility index (Phi) is 4.40. The van der Waals surface area contributed by atoms with E-state index in [0.717, 1.165) is 5.82 Å². The number of rotatable bonds is 4. The summed E-state index contributed by atoms with van der Waals surface area (Å²) in [6.45, 7) is 1.44. The quantitative estimate of drug-likeness (QED) is 0.914. The predicted molar refractivity (Wildman–Crippen MR) is 90.0 cm³/mol. The van der Waals surface area contributed by atoms with Crippen LogP contribution < -0.4 is 5.32 Å². The minimum absolute atomic E-state index is 0.0921. The van der Waals surface area contributed by atoms with Crippen LogP contribution in [0, 0.1) is 0 Å². The molecule has 1 aliphatic heterocycles. The Balaban J connectivity index is 1.56. The Bertz CT molecular complexity index is 704. The maximum Gasteiger partial charge on any atom is 0.274 e. The fourth-order valence-corrected chi connectivity index (χ4v) is 3.43. The van der Waals surface area contributed by atoms with Gasteiger partial charge in [-0.15, -0.1) is 11.3 Å². The summed E-state index contributed by atoms with van der Waals surface area (Å²) < 4.78 is 5.58. The van der Waals surface area contributed by atoms with Crippen molar-refractivity contribution in [3.63, 3.8) is 0 Å². The number of ether oxygens (including phenoxy) is 1. The third kappa shape index (κ3) is 3.11. The summed E-state index contributed by atoms with van der Waals surface area (Å²) >= 11 is 1.42. The van der Waals surface area contributed by atoms with Gasteiger partial charge in [-0.3, -0.25) is 4.79 Å². The minimum atomic E-state index is -0.281. The van der Waals surface area contributed by atoms with Gasteiger partial charge in [0.15, 0.2) is 5.82 Å². The molecule has 1 amide bonds. The van der Waals surface area contributed by atoms with Crippen LogP contribution in [-0.4, -0.2) is 51.6 Å². The Morgan fingerprint density at radius 3 is 3.04 bits per heavy atom. The summed E-state index contributed by atoms with van der Waals surface area (Å²) in [4.78, 5) is 27.6. The molecule has 1 saturated carbocycles. The number of hydrogen-bond donors (Lipinski definition) is 1. The number of nitrogens with zero attached hydrogens (tertiary/aromatic N) is 4. The van der Waals surface area contributed by atoms with Crippen molar-refractivity contribution in [1.29, 1.82) is 0 Å². The number of hydrogen-bond acceptors (Lipinski definition) is 7. The molecule has 3 heterocycles. The summed E-state index contributed by atoms with van der Waals surface area (Å²) in [5.41, 5.74) is 2.14. The number of carbonyl (C=O) groups is 1. The fourth-order valence-electron chi connectivity index (χ4n) is 2.90. The molecule has 126 valence electrons. The van der Waals surface area contributed by atoms with Gasteiger partial charge in [0.25, 0.3) is 5.91 Å². The van der Waals surface area contributed by atoms with Crippen molar-refractivity contribution in [3.8, 4) is 0 Å². The Morgan fingerprint density at radius 1 is 1.38 bits per heavy atom. The number of thiazole rings is 1. The maximum atomic E-state index is 12.7. The second-order valence-corrected chi connectivity index (χ2v) is 6.75. The normalized spacial score (nSPS) is 21.3. The van der Waals surface area contributed by atoms with Gasteiger partial charge in [-0.2, -0.15) is 0 Å². The molecule has 0 radical (unpaired) electrons. The monoisotopic (exact) mass is 345 g/mol. The van der Waals surface area contributed by atoms with Crippen LogP contribution in [0.25, 0.3) is 0 Å². The average Bonchev–Trinajstić information content (AvgIpc) is 3.12. The zero-order valence-electron chi connectivity index (χ0n) is 13.2. The zero-order chi connectivity index (χ0) is 16.4. The molecule has 8 heteroatoms. The van der Waals surface area contributed by atoms with Gasteiger partial charge in [-0.05, 0) is 25.3 Å². The molecule has 1 atom stereocenters. The first kappa shape index (κ1) is 15.5. The van der Waals surface area contributed by atoms with E-state index in [2.05, 4.69) is 20.3 Å². The largest absolute Gasteiger partial charge is 0.377 e. The molecule has 2 aromatic heterocycles. The van der Waals surface area contributed by atoms with E-state index in [9.17, 15) is 4.79 Å². The molecule has 1 N–H and O–H groups in total. The third-order valence-corrected chi connectivity index (χ3v) is 5.06. The molecule has 4 rings (SSSR count). The molecule has 0 spiro atoms. The summed E-state index contributed by atoms with van der Waals surface area (Å²) in [5, 5.41) is 5.19. The predicted octanol–water partition coefficient (Wildman–Crippen LogP) is 2.11. The van der Waals surface area contributed by atoms with E-state index < -0.39 is 0 Å². The Hall–Kier alpha value is -2.06. The molecule has 7 nitrogen and oxygen atoms in total. The van der Waals surface area contributed by atoms with Gasteiger partial charge in [0, 0.05) is 24.2 Å². The first-order valence-corrected chi connectivity index (χ1v) is 9.12. The molecule has 0 unspecified atom stereocenters. The van der Waals surface area contributed by atoms with Crippen molar-refractivity contribution in [2.45, 2.75) is 31.3 Å². The maximum absolute atomic E-state index is 12.7. The molecular weight excluding hydrogens is 326 g/mol. The van der Waals surface area contributed by atoms with E-state index in [-0.39, 0.29) is 11.9 Å². The van der Waals surface area contributed by atoms with E-state index in [1.165, 1.54) is 30.6 Å². The van der Waals surface area contributed by atoms with Crippen LogP contribution in [0.3, 0.4) is 0 Å². The molecule has 24 heavy (non-hydrogen) atoms. The van der Waals surface area contributed by atoms with Gasteiger partial charge in [-0.1, -0.05) is 0 Å². The van der Waals surface area contributed by atoms with Crippen LogP contribution in [0.5, 0.6) is 0 Å². The lowest BCUT2D eigenvalue weighted by molar-refractivity contribution is -0.00545. The Morgan fingerprint density at radius 2 is 2.29 bits per heavy atom. The summed E-state index contributed by atoms with van der Waals surface area (Å²) in [7, 11) is 0. The lowest BCUT2D eigenvalue weighted by Gasteiger charge is -2.34. The number of aromatic nitrogens is 3. The minimum Gasteiger partial charge on any atom is -0.377 e. The van der Waals surface area contributed by atoms with E-state index in [1.807, 2.05) is 6.07 Å². The molecular formula is C16H19N5O2S. The van der Waals surface area contributed by atoms with Crippen LogP contribution in [0.2, 0.25) is 0 Å². The molecule has 2 aromatic rings. The van der Waals surface area contributed by atoms with E-state index in [0.29, 0.717) is 37.3 Å². The van der Waals surface area contributed by atoms with Crippen molar-refractivity contribution < 1.29 is 9.53 Å². The highest BCUT2D eigenvalue weighted by molar-refractivity contribution is 7.07. The van der Waals surface area contributed by atoms with Gasteiger partial charge in [0.2, 0.25) is 0 Å². The SMILES string of the molecule is O=C(c1cscn1)N1CCOC[C@@H]1c1nccc(NC2CCC2)n1. The molecule has 0 aromatic carbocycles. The van der Waals surface area contributed by atoms with Gasteiger partial charge in [-0.25, -0.2) is 15.0 Å². The molecule has 2 fully saturated rings. The molecule has 1 aliphatic carbocycles. The van der Waals surface area contributed by atoms with E-state index in [4.69, 9.17) is 4.74 Å². The van der Waals surface area contributed by atoms with Crippen molar-refractivity contribution in [3.05, 3.63) is 34.7 Å². The first-order chi connectivity index (χ1) is 11.8. The molecule has 0 bridgehead atoms. The average molecular weight is 345 g/mol. The topological polar surface area (TPSA) is 80.2 Å². The van der Waals surface area contributed by atoms with E-state index >= 15 is 0 Å². The highest BCUT2D eigenvalue weighted by Crippen LogP contribution is 2.26. The number of carbonyl (C=O) groups excluding carboxylic acids is 1. The standard InChI is InChI=1S/C16H19N5O2S/c22-16(12-9-24-10-18-12)21-6-7-23-8-13(21)15-17-5-4-14(20-15)19-11-2-1-3-11/h4-5,9-11,13H,1-3,6-8H2,(H,17,19,20)/t13-/m1/s1. The van der Waals surface area contributed by atoms with Crippen LogP contribution in [0.15, 0.2) is 23.2 Å². The Labute approximate surface area is 144 Å². The smallest absolute Gasteiger partial charge is 0.274 e. The van der Waals surface area contributed by atoms with Gasteiger partial charge in [0.05, 0.1) is 18.7 Å². The number of anilines is 1. The van der Waals surface area contributed by atoms with Crippen molar-refractivity contribution in [2.75, 3.05) is 25.1 Å². The molecule has 1 saturated heterocycles. The van der Waals surface area contributed by atoms with Gasteiger partial charge in [0.1, 0.15) is 17.6 Å². The third-order valence-electron chi connectivity index (χ3n) is 4.47. The fraction of sp³-hybridized carbons (Fsp3) is 0.500. The molecule has 2 aliphatic rings. The van der Waals surface area contributed by atoms with Crippen LogP contribution in [0.1, 0.15) is 41.6 Å². The zero-order valence-corrected chi connectivity index (χ0v) is 14.0. The van der Waals surface area contributed by atoms with Crippen molar-refractivity contribution in [2.24, 2.45) is 0 Å². The van der Waals surface area contributed by atoms with Crippen molar-refractivity contribution >= 4 is 23.1 Å². The second-order valence-electron chi connectivity index (χ2n) is 6.04. The number of morpholine rings is 1. The van der Waals surface area contributed by atoms with Gasteiger partial charge >= 0.3 is 0 Å². The highest BCUT2D eigenvalue weighted by atomic mass is 32.1. The van der Waals surface area contributed by atoms with Crippen LogP contribution >= 0.6 is 11.3 Å². The lowest BCUT2D eigenvalue weighted by Crippen LogP contribution is -2.44. The number of nitrogens with one attached hydrogen (secondary N) is 1. The summed E-state index contributed by atoms with van der Waals surface area (Å²) in [6, 6.07) is 2.09. The summed E-state index contributed by atoms with van der Waals surface area (Å²) in [6.07, 6.45) is 5.37. The summed E-state index contributed by atoms with van der Waals surface area (Å²) in [5.74, 6) is 1.34. The highest BCUT2D eigenvalue weighted by Gasteiger charge is 2.32. The first-order valence-electron chi connectivity index (χ1n) is 8.17. The van der Waals surface area contributed by atoms with Crippen LogP contribution in [0.4, 0.5) is 5.82 Å².